The monoisotopic (exact) mass is 316 g/mol. The van der Waals surface area contributed by atoms with E-state index in [4.69, 9.17) is 0 Å². The summed E-state index contributed by atoms with van der Waals surface area (Å²) in [6, 6.07) is 16.7. The van der Waals surface area contributed by atoms with Crippen molar-refractivity contribution in [2.75, 3.05) is 0 Å². The van der Waals surface area contributed by atoms with Crippen molar-refractivity contribution in [3.8, 4) is 0 Å². The van der Waals surface area contributed by atoms with Gasteiger partial charge in [0.1, 0.15) is 0 Å². The summed E-state index contributed by atoms with van der Waals surface area (Å²) < 4.78 is 24.1. The van der Waals surface area contributed by atoms with Crippen molar-refractivity contribution in [3.05, 3.63) is 65.7 Å². The van der Waals surface area contributed by atoms with E-state index in [-0.39, 0.29) is 10.8 Å². The van der Waals surface area contributed by atoms with E-state index in [1.54, 1.807) is 30.5 Å². The van der Waals surface area contributed by atoms with Crippen LogP contribution in [0, 0.1) is 12.8 Å². The lowest BCUT2D eigenvalue weighted by Crippen LogP contribution is -2.19. The first-order valence-corrected chi connectivity index (χ1v) is 8.61. The molecule has 2 rings (SSSR count). The van der Waals surface area contributed by atoms with Gasteiger partial charge in [0, 0.05) is 6.21 Å². The summed E-state index contributed by atoms with van der Waals surface area (Å²) in [6.45, 7) is 3.91. The van der Waals surface area contributed by atoms with Gasteiger partial charge >= 0.3 is 0 Å². The molecule has 0 amide bonds. The summed E-state index contributed by atoms with van der Waals surface area (Å²) in [5.74, 6) is 0.142. The Bertz CT molecular complexity index is 723. The SMILES string of the molecule is Cc1ccc(S(=O)(=O)N/N=C/[C@H](C)Cc2ccccc2)cc1. The Hall–Kier alpha value is -2.14. The number of hydrogen-bond donors (Lipinski definition) is 1. The van der Waals surface area contributed by atoms with E-state index < -0.39 is 10.0 Å². The van der Waals surface area contributed by atoms with Crippen molar-refractivity contribution in [1.29, 1.82) is 0 Å². The van der Waals surface area contributed by atoms with Crippen LogP contribution < -0.4 is 4.83 Å². The molecule has 116 valence electrons. The zero-order valence-electron chi connectivity index (χ0n) is 12.7. The maximum absolute atomic E-state index is 12.1. The van der Waals surface area contributed by atoms with Gasteiger partial charge in [0.25, 0.3) is 10.0 Å². The van der Waals surface area contributed by atoms with Gasteiger partial charge in [0.05, 0.1) is 4.90 Å². The normalized spacial score (nSPS) is 13.2. The summed E-state index contributed by atoms with van der Waals surface area (Å²) in [5, 5.41) is 3.87. The van der Waals surface area contributed by atoms with Gasteiger partial charge in [-0.15, -0.1) is 0 Å². The van der Waals surface area contributed by atoms with Gasteiger partial charge in [0.15, 0.2) is 0 Å². The quantitative estimate of drug-likeness (QED) is 0.657. The lowest BCUT2D eigenvalue weighted by atomic mass is 10.0. The maximum atomic E-state index is 12.1. The third kappa shape index (κ3) is 4.70. The Morgan fingerprint density at radius 2 is 1.73 bits per heavy atom. The van der Waals surface area contributed by atoms with Gasteiger partial charge in [-0.05, 0) is 37.0 Å². The molecule has 0 aliphatic carbocycles. The van der Waals surface area contributed by atoms with Crippen LogP contribution in [0.1, 0.15) is 18.1 Å². The van der Waals surface area contributed by atoms with Gasteiger partial charge in [-0.25, -0.2) is 4.83 Å². The molecule has 1 atom stereocenters. The predicted octanol–water partition coefficient (Wildman–Crippen LogP) is 3.14. The Labute approximate surface area is 131 Å². The van der Waals surface area contributed by atoms with Gasteiger partial charge in [-0.3, -0.25) is 0 Å². The highest BCUT2D eigenvalue weighted by atomic mass is 32.2. The fourth-order valence-corrected chi connectivity index (χ4v) is 2.84. The summed E-state index contributed by atoms with van der Waals surface area (Å²) in [6.07, 6.45) is 2.44. The zero-order valence-corrected chi connectivity index (χ0v) is 13.5. The van der Waals surface area contributed by atoms with Crippen LogP contribution in [0.15, 0.2) is 64.6 Å². The van der Waals surface area contributed by atoms with Gasteiger partial charge in [-0.1, -0.05) is 55.0 Å². The van der Waals surface area contributed by atoms with Crippen molar-refractivity contribution in [2.24, 2.45) is 11.0 Å². The van der Waals surface area contributed by atoms with Crippen molar-refractivity contribution < 1.29 is 8.42 Å². The highest BCUT2D eigenvalue weighted by molar-refractivity contribution is 7.89. The molecule has 22 heavy (non-hydrogen) atoms. The van der Waals surface area contributed by atoms with E-state index in [9.17, 15) is 8.42 Å². The van der Waals surface area contributed by atoms with Crippen molar-refractivity contribution in [1.82, 2.24) is 4.83 Å². The van der Waals surface area contributed by atoms with E-state index in [0.29, 0.717) is 0 Å². The first-order chi connectivity index (χ1) is 10.5. The molecule has 0 aliphatic rings. The molecule has 0 unspecified atom stereocenters. The molecule has 5 heteroatoms. The topological polar surface area (TPSA) is 58.5 Å². The van der Waals surface area contributed by atoms with Crippen LogP contribution in [0.25, 0.3) is 0 Å². The molecule has 0 saturated carbocycles. The molecule has 2 aromatic carbocycles. The van der Waals surface area contributed by atoms with Crippen LogP contribution in [0.3, 0.4) is 0 Å². The van der Waals surface area contributed by atoms with Gasteiger partial charge in [-0.2, -0.15) is 13.5 Å². The zero-order chi connectivity index (χ0) is 16.0. The molecule has 1 N–H and O–H groups in total. The Morgan fingerprint density at radius 1 is 1.09 bits per heavy atom. The fourth-order valence-electron chi connectivity index (χ4n) is 2.04. The molecular weight excluding hydrogens is 296 g/mol. The van der Waals surface area contributed by atoms with Crippen LogP contribution in [0.4, 0.5) is 0 Å². The number of benzene rings is 2. The predicted molar refractivity (Wildman–Crippen MR) is 89.3 cm³/mol. The summed E-state index contributed by atoms with van der Waals surface area (Å²) in [7, 11) is -3.59. The number of hydrogen-bond acceptors (Lipinski definition) is 3. The molecule has 0 aromatic heterocycles. The smallest absolute Gasteiger partial charge is 0.200 e. The van der Waals surface area contributed by atoms with Crippen molar-refractivity contribution >= 4 is 16.2 Å². The minimum atomic E-state index is -3.59. The molecule has 0 bridgehead atoms. The third-order valence-corrected chi connectivity index (χ3v) is 4.47. The minimum absolute atomic E-state index is 0.142. The highest BCUT2D eigenvalue weighted by Gasteiger charge is 2.12. The van der Waals surface area contributed by atoms with Crippen LogP contribution in [-0.2, 0) is 16.4 Å². The summed E-state index contributed by atoms with van der Waals surface area (Å²) in [4.78, 5) is 2.47. The Balaban J connectivity index is 1.95. The van der Waals surface area contributed by atoms with E-state index >= 15 is 0 Å². The molecular formula is C17H20N2O2S. The molecule has 4 nitrogen and oxygen atoms in total. The lowest BCUT2D eigenvalue weighted by Gasteiger charge is -2.07. The van der Waals surface area contributed by atoms with Crippen LogP contribution >= 0.6 is 0 Å². The average Bonchev–Trinajstić information content (AvgIpc) is 2.48. The molecule has 2 aromatic rings. The van der Waals surface area contributed by atoms with Crippen LogP contribution in [0.5, 0.6) is 0 Å². The summed E-state index contributed by atoms with van der Waals surface area (Å²) in [5.41, 5.74) is 2.21. The average molecular weight is 316 g/mol. The standard InChI is InChI=1S/C17H20N2O2S/c1-14-8-10-17(11-9-14)22(20,21)19-18-13-15(2)12-16-6-4-3-5-7-16/h3-11,13,15,19H,12H2,1-2H3/b18-13+/t15-/m1/s1. The number of hydrazone groups is 1. The van der Waals surface area contributed by atoms with E-state index in [1.807, 2.05) is 44.2 Å². The highest BCUT2D eigenvalue weighted by Crippen LogP contribution is 2.10. The number of nitrogens with zero attached hydrogens (tertiary/aromatic N) is 1. The minimum Gasteiger partial charge on any atom is -0.200 e. The number of nitrogens with one attached hydrogen (secondary N) is 1. The second kappa shape index (κ2) is 7.22. The van der Waals surface area contributed by atoms with Crippen molar-refractivity contribution in [3.63, 3.8) is 0 Å². The maximum Gasteiger partial charge on any atom is 0.276 e. The molecule has 0 aliphatic heterocycles. The Kier molecular flexibility index (Phi) is 5.33. The van der Waals surface area contributed by atoms with Crippen molar-refractivity contribution in [2.45, 2.75) is 25.2 Å². The fraction of sp³-hybridized carbons (Fsp3) is 0.235. The first kappa shape index (κ1) is 16.2. The Morgan fingerprint density at radius 3 is 2.36 bits per heavy atom. The lowest BCUT2D eigenvalue weighted by molar-refractivity contribution is 0.584. The molecule has 0 saturated heterocycles. The van der Waals surface area contributed by atoms with E-state index in [1.165, 1.54) is 5.56 Å². The number of sulfonamides is 1. The van der Waals surface area contributed by atoms with Crippen LogP contribution in [-0.4, -0.2) is 14.6 Å². The summed E-state index contributed by atoms with van der Waals surface area (Å²) >= 11 is 0. The van der Waals surface area contributed by atoms with E-state index in [0.717, 1.165) is 12.0 Å². The molecule has 0 heterocycles. The molecule has 0 fully saturated rings. The second-order valence-electron chi connectivity index (χ2n) is 5.35. The van der Waals surface area contributed by atoms with Gasteiger partial charge < -0.3 is 0 Å². The van der Waals surface area contributed by atoms with Gasteiger partial charge in [0.2, 0.25) is 0 Å². The number of rotatable bonds is 6. The second-order valence-corrected chi connectivity index (χ2v) is 7.01. The number of aryl methyl sites for hydroxylation is 1. The molecule has 0 spiro atoms. The largest absolute Gasteiger partial charge is 0.276 e. The first-order valence-electron chi connectivity index (χ1n) is 7.13. The van der Waals surface area contributed by atoms with E-state index in [2.05, 4.69) is 9.93 Å². The van der Waals surface area contributed by atoms with Crippen LogP contribution in [0.2, 0.25) is 0 Å². The third-order valence-electron chi connectivity index (χ3n) is 3.23. The molecule has 0 radical (unpaired) electrons.